The second kappa shape index (κ2) is 18.1. The lowest BCUT2D eigenvalue weighted by Gasteiger charge is -2.34. The number of benzene rings is 1. The quantitative estimate of drug-likeness (QED) is 0.231. The molecule has 6 amide bonds. The maximum Gasteiger partial charge on any atom is 0.408 e. The molecule has 0 spiro atoms. The lowest BCUT2D eigenvalue weighted by atomic mass is 9.97. The number of amides is 6. The molecule has 4 N–H and O–H groups in total. The Morgan fingerprint density at radius 3 is 2.20 bits per heavy atom. The van der Waals surface area contributed by atoms with E-state index in [-0.39, 0.29) is 29.6 Å². The Balaban J connectivity index is 1.51. The fraction of sp³-hybridized carbons (Fsp3) is 0.625. The predicted molar refractivity (Wildman–Crippen MR) is 201 cm³/mol. The molecule has 1 saturated heterocycles. The highest BCUT2D eigenvalue weighted by atomic mass is 16.6. The van der Waals surface area contributed by atoms with Crippen molar-refractivity contribution in [1.82, 2.24) is 31.1 Å². The molecular weight excluding hydrogens is 692 g/mol. The zero-order valence-electron chi connectivity index (χ0n) is 32.7. The van der Waals surface area contributed by atoms with Crippen LogP contribution in [0, 0.1) is 17.3 Å². The number of fused-ring (bicyclic) bond motifs is 3. The molecule has 0 aromatic heterocycles. The summed E-state index contributed by atoms with van der Waals surface area (Å²) in [5.41, 5.74) is -0.449. The van der Waals surface area contributed by atoms with Gasteiger partial charge in [-0.1, -0.05) is 69.2 Å². The van der Waals surface area contributed by atoms with Gasteiger partial charge in [0, 0.05) is 20.6 Å². The van der Waals surface area contributed by atoms with Crippen molar-refractivity contribution >= 4 is 41.4 Å². The van der Waals surface area contributed by atoms with Crippen LogP contribution in [0.5, 0.6) is 0 Å². The number of nitrogens with one attached hydrogen (secondary N) is 4. The third kappa shape index (κ3) is 10.9. The van der Waals surface area contributed by atoms with Gasteiger partial charge in [0.25, 0.3) is 5.91 Å². The van der Waals surface area contributed by atoms with E-state index < -0.39 is 71.8 Å². The number of allylic oxidation sites excluding steroid dienone is 2. The van der Waals surface area contributed by atoms with Crippen molar-refractivity contribution in [2.24, 2.45) is 17.3 Å². The fourth-order valence-corrected chi connectivity index (χ4v) is 7.51. The number of hydrogen-bond acceptors (Lipinski definition) is 8. The van der Waals surface area contributed by atoms with Gasteiger partial charge in [-0.3, -0.25) is 28.8 Å². The fourth-order valence-electron chi connectivity index (χ4n) is 7.51. The molecule has 2 heterocycles. The number of piperidine rings is 1. The van der Waals surface area contributed by atoms with Gasteiger partial charge in [0.15, 0.2) is 0 Å². The highest BCUT2D eigenvalue weighted by molar-refractivity contribution is 6.38. The molecule has 1 saturated carbocycles. The number of carbonyl (C=O) groups is 7. The Morgan fingerprint density at radius 2 is 1.59 bits per heavy atom. The summed E-state index contributed by atoms with van der Waals surface area (Å²) in [6.45, 7) is 9.04. The van der Waals surface area contributed by atoms with Crippen molar-refractivity contribution in [3.05, 3.63) is 48.0 Å². The van der Waals surface area contributed by atoms with Gasteiger partial charge >= 0.3 is 6.09 Å². The smallest absolute Gasteiger partial charge is 0.408 e. The monoisotopic (exact) mass is 750 g/mol. The van der Waals surface area contributed by atoms with Gasteiger partial charge in [-0.05, 0) is 82.1 Å². The standard InChI is InChI=1S/C40H58N6O8/c1-39(2,3)54-38(53)43-28-22-18-13-11-9-8-10-12-17-21-27(42-34(49)32-30-26(40(30,4)5)24-46(32)36(28)51)33(48)35(50)41-23-29(47)44-31(37(52)45(6)7)25-19-15-14-16-20-25/h8-9,14-16,19-20,26-28,30-32H,10-13,17-18,21-24H2,1-7H3,(H,41,50)(H,42,49)(H,43,53)(H,44,47)/b9-8+/t26?,27-,28-,30?,31-,32-/m0/s1. The van der Waals surface area contributed by atoms with Crippen molar-refractivity contribution < 1.29 is 38.3 Å². The zero-order valence-corrected chi connectivity index (χ0v) is 32.7. The van der Waals surface area contributed by atoms with E-state index in [1.807, 2.05) is 13.8 Å². The first-order valence-corrected chi connectivity index (χ1v) is 19.0. The maximum atomic E-state index is 14.2. The molecule has 54 heavy (non-hydrogen) atoms. The second-order valence-electron chi connectivity index (χ2n) is 16.4. The lowest BCUT2D eigenvalue weighted by molar-refractivity contribution is -0.144. The minimum atomic E-state index is -1.21. The lowest BCUT2D eigenvalue weighted by Crippen LogP contribution is -2.58. The average molecular weight is 751 g/mol. The van der Waals surface area contributed by atoms with Crippen LogP contribution in [0.25, 0.3) is 0 Å². The third-order valence-electron chi connectivity index (χ3n) is 10.5. The SMILES string of the molecule is CN(C)C(=O)[C@@H](NC(=O)CNC(=O)C(=O)[C@@H]1CCCC/C=C/CCCC[C@H](NC(=O)OC(C)(C)C)C(=O)N2CC3C([C@H]2C(=O)N1)C3(C)C)c1ccccc1. The number of likely N-dealkylation sites (N-methyl/N-ethyl adjacent to an activating group) is 1. The molecule has 14 nitrogen and oxygen atoms in total. The molecular formula is C40H58N6O8. The van der Waals surface area contributed by atoms with Crippen molar-refractivity contribution in [3.63, 3.8) is 0 Å². The minimum Gasteiger partial charge on any atom is -0.444 e. The summed E-state index contributed by atoms with van der Waals surface area (Å²) in [4.78, 5) is 96.8. The Hall–Kier alpha value is -4.75. The number of Topliss-reactive ketones (excluding diaryl/α,β-unsaturated/α-hetero) is 1. The Morgan fingerprint density at radius 1 is 0.963 bits per heavy atom. The number of hydrogen-bond donors (Lipinski definition) is 4. The molecule has 1 aromatic carbocycles. The highest BCUT2D eigenvalue weighted by Gasteiger charge is 2.69. The van der Waals surface area contributed by atoms with E-state index in [0.29, 0.717) is 37.8 Å². The van der Waals surface area contributed by atoms with Gasteiger partial charge < -0.3 is 35.8 Å². The number of rotatable bonds is 8. The second-order valence-corrected chi connectivity index (χ2v) is 16.4. The molecule has 6 atom stereocenters. The van der Waals surface area contributed by atoms with Gasteiger partial charge in [0.05, 0.1) is 12.6 Å². The van der Waals surface area contributed by atoms with Crippen LogP contribution in [-0.4, -0.2) is 102 Å². The Bertz CT molecular complexity index is 1590. The van der Waals surface area contributed by atoms with Crippen molar-refractivity contribution in [3.8, 4) is 0 Å². The first kappa shape index (κ1) is 42.0. The van der Waals surface area contributed by atoms with Gasteiger partial charge in [0.2, 0.25) is 29.4 Å². The number of ketones is 1. The first-order valence-electron chi connectivity index (χ1n) is 19.0. The molecule has 1 aromatic rings. The molecule has 0 radical (unpaired) electrons. The molecule has 4 rings (SSSR count). The summed E-state index contributed by atoms with van der Waals surface area (Å²) >= 11 is 0. The van der Waals surface area contributed by atoms with Gasteiger partial charge in [-0.25, -0.2) is 4.79 Å². The van der Waals surface area contributed by atoms with Crippen LogP contribution < -0.4 is 21.3 Å². The van der Waals surface area contributed by atoms with Crippen molar-refractivity contribution in [1.29, 1.82) is 0 Å². The molecule has 14 heteroatoms. The summed E-state index contributed by atoms with van der Waals surface area (Å²) in [5.74, 6) is -4.08. The molecule has 2 aliphatic heterocycles. The third-order valence-corrected chi connectivity index (χ3v) is 10.5. The zero-order chi connectivity index (χ0) is 39.8. The summed E-state index contributed by atoms with van der Waals surface area (Å²) in [7, 11) is 3.13. The summed E-state index contributed by atoms with van der Waals surface area (Å²) in [6, 6.07) is 4.63. The first-order chi connectivity index (χ1) is 25.4. The molecule has 2 unspecified atom stereocenters. The van der Waals surface area contributed by atoms with Crippen molar-refractivity contribution in [2.45, 2.75) is 116 Å². The molecule has 1 aliphatic carbocycles. The molecule has 296 valence electrons. The Labute approximate surface area is 318 Å². The van der Waals surface area contributed by atoms with Gasteiger partial charge in [0.1, 0.15) is 23.7 Å². The van der Waals surface area contributed by atoms with Crippen LogP contribution in [0.3, 0.4) is 0 Å². The highest BCUT2D eigenvalue weighted by Crippen LogP contribution is 2.65. The van der Waals surface area contributed by atoms with E-state index in [1.165, 1.54) is 9.80 Å². The summed E-state index contributed by atoms with van der Waals surface area (Å²) in [6.07, 6.45) is 8.20. The van der Waals surface area contributed by atoms with E-state index in [1.54, 1.807) is 65.2 Å². The average Bonchev–Trinajstić information content (AvgIpc) is 3.41. The normalized spacial score (nSPS) is 25.7. The number of ether oxygens (including phenoxy) is 1. The summed E-state index contributed by atoms with van der Waals surface area (Å²) in [5, 5.41) is 10.6. The minimum absolute atomic E-state index is 0.0464. The van der Waals surface area contributed by atoms with Gasteiger partial charge in [-0.2, -0.15) is 0 Å². The van der Waals surface area contributed by atoms with E-state index >= 15 is 0 Å². The van der Waals surface area contributed by atoms with Crippen molar-refractivity contribution in [2.75, 3.05) is 27.2 Å². The van der Waals surface area contributed by atoms with E-state index in [2.05, 4.69) is 33.4 Å². The van der Waals surface area contributed by atoms with Gasteiger partial charge in [-0.15, -0.1) is 0 Å². The van der Waals surface area contributed by atoms with E-state index in [9.17, 15) is 33.6 Å². The molecule has 3 aliphatic rings. The largest absolute Gasteiger partial charge is 0.444 e. The van der Waals surface area contributed by atoms with Crippen LogP contribution >= 0.6 is 0 Å². The topological polar surface area (TPSA) is 183 Å². The number of nitrogens with zero attached hydrogens (tertiary/aromatic N) is 2. The number of carbonyl (C=O) groups excluding carboxylic acids is 7. The van der Waals surface area contributed by atoms with Crippen LogP contribution in [0.1, 0.15) is 97.6 Å². The van der Waals surface area contributed by atoms with Crippen LogP contribution in [0.15, 0.2) is 42.5 Å². The van der Waals surface area contributed by atoms with E-state index in [4.69, 9.17) is 4.74 Å². The van der Waals surface area contributed by atoms with Crippen LogP contribution in [-0.2, 0) is 33.5 Å². The predicted octanol–water partition coefficient (Wildman–Crippen LogP) is 3.17. The maximum absolute atomic E-state index is 14.2. The summed E-state index contributed by atoms with van der Waals surface area (Å²) < 4.78 is 5.47. The van der Waals surface area contributed by atoms with Crippen LogP contribution in [0.4, 0.5) is 4.79 Å². The number of alkyl carbamates (subject to hydrolysis) is 1. The molecule has 0 bridgehead atoms. The van der Waals surface area contributed by atoms with E-state index in [0.717, 1.165) is 19.3 Å². The molecule has 2 fully saturated rings. The Kier molecular flexibility index (Phi) is 14.0. The van der Waals surface area contributed by atoms with Crippen LogP contribution in [0.2, 0.25) is 0 Å².